The molecule has 128 valence electrons. The van der Waals surface area contributed by atoms with Crippen molar-refractivity contribution in [3.05, 3.63) is 32.7 Å². The van der Waals surface area contributed by atoms with Crippen LogP contribution in [0, 0.1) is 0 Å². The van der Waals surface area contributed by atoms with Crippen LogP contribution in [0.3, 0.4) is 0 Å². The van der Waals surface area contributed by atoms with Crippen molar-refractivity contribution in [1.29, 1.82) is 0 Å². The molecule has 0 saturated heterocycles. The van der Waals surface area contributed by atoms with Gasteiger partial charge in [0.2, 0.25) is 5.91 Å². The highest BCUT2D eigenvalue weighted by molar-refractivity contribution is 6.42. The Labute approximate surface area is 149 Å². The summed E-state index contributed by atoms with van der Waals surface area (Å²) < 4.78 is 5.58. The predicted octanol–water partition coefficient (Wildman–Crippen LogP) is 2.54. The Balaban J connectivity index is 2.47. The maximum absolute atomic E-state index is 12.3. The van der Waals surface area contributed by atoms with Gasteiger partial charge in [-0.3, -0.25) is 14.4 Å². The van der Waals surface area contributed by atoms with Gasteiger partial charge in [-0.05, 0) is 6.07 Å². The molecular weight excluding hydrogens is 373 g/mol. The third-order valence-corrected chi connectivity index (χ3v) is 4.02. The van der Waals surface area contributed by atoms with Crippen LogP contribution in [0.5, 0.6) is 11.5 Å². The molecule has 3 aromatic rings. The van der Waals surface area contributed by atoms with Crippen molar-refractivity contribution in [2.45, 2.75) is 13.8 Å². The fourth-order valence-corrected chi connectivity index (χ4v) is 2.96. The number of ether oxygens (including phenoxy) is 1. The molecule has 0 atom stereocenters. The van der Waals surface area contributed by atoms with Crippen LogP contribution in [0.4, 0.5) is 0 Å². The summed E-state index contributed by atoms with van der Waals surface area (Å²) >= 11 is 12.2. The van der Waals surface area contributed by atoms with E-state index in [1.54, 1.807) is 0 Å². The molecule has 0 bridgehead atoms. The van der Waals surface area contributed by atoms with Gasteiger partial charge in [0, 0.05) is 13.8 Å². The molecule has 1 N–H and O–H groups in total. The van der Waals surface area contributed by atoms with Gasteiger partial charge >= 0.3 is 11.5 Å². The number of fused-ring (bicyclic) bond motifs is 2. The van der Waals surface area contributed by atoms with Gasteiger partial charge in [-0.2, -0.15) is 9.78 Å². The first-order valence-electron chi connectivity index (χ1n) is 6.84. The fraction of sp³-hybridized carbons (Fsp3) is 0.133. The Bertz CT molecular complexity index is 1140. The second-order valence-corrected chi connectivity index (χ2v) is 5.88. The van der Waals surface area contributed by atoms with E-state index in [9.17, 15) is 19.5 Å². The molecular formula is C15H9Cl2N3O5. The summed E-state index contributed by atoms with van der Waals surface area (Å²) in [5.41, 5.74) is -0.879. The Morgan fingerprint density at radius 1 is 1.28 bits per heavy atom. The number of rotatable bonds is 1. The van der Waals surface area contributed by atoms with Crippen LogP contribution in [0.1, 0.15) is 18.6 Å². The third-order valence-electron chi connectivity index (χ3n) is 3.38. The largest absolute Gasteiger partial charge is 0.506 e. The number of halogens is 2. The molecule has 10 heteroatoms. The van der Waals surface area contributed by atoms with Crippen LogP contribution in [-0.2, 0) is 4.79 Å². The fourth-order valence-electron chi connectivity index (χ4n) is 2.34. The van der Waals surface area contributed by atoms with Gasteiger partial charge in [0.05, 0.1) is 32.5 Å². The van der Waals surface area contributed by atoms with Crippen LogP contribution in [0.25, 0.3) is 21.8 Å². The number of benzene rings is 1. The number of aromatic hydroxyl groups is 1. The Hall–Kier alpha value is -2.71. The molecule has 0 unspecified atom stereocenters. The van der Waals surface area contributed by atoms with E-state index in [1.165, 1.54) is 19.9 Å². The van der Waals surface area contributed by atoms with Gasteiger partial charge in [-0.25, -0.2) is 4.98 Å². The lowest BCUT2D eigenvalue weighted by Gasteiger charge is -2.12. The SMILES string of the molecule is CC(=O)Oc1c(Cl)cc2nc3c(=O)n(C(C)=O)ncc3c(O)c2c1Cl. The molecule has 0 aliphatic heterocycles. The quantitative estimate of drug-likeness (QED) is 0.391. The summed E-state index contributed by atoms with van der Waals surface area (Å²) in [5, 5.41) is 14.1. The van der Waals surface area contributed by atoms with Crippen LogP contribution in [0.15, 0.2) is 17.1 Å². The highest BCUT2D eigenvalue weighted by atomic mass is 35.5. The van der Waals surface area contributed by atoms with Gasteiger partial charge in [0.15, 0.2) is 5.75 Å². The lowest BCUT2D eigenvalue weighted by atomic mass is 10.1. The van der Waals surface area contributed by atoms with E-state index in [0.717, 1.165) is 6.20 Å². The third kappa shape index (κ3) is 2.69. The summed E-state index contributed by atoms with van der Waals surface area (Å²) in [7, 11) is 0. The van der Waals surface area contributed by atoms with Crippen molar-refractivity contribution in [2.24, 2.45) is 0 Å². The molecule has 2 heterocycles. The van der Waals surface area contributed by atoms with Crippen molar-refractivity contribution >= 4 is 56.9 Å². The van der Waals surface area contributed by atoms with Crippen molar-refractivity contribution < 1.29 is 19.4 Å². The first kappa shape index (κ1) is 17.1. The first-order valence-corrected chi connectivity index (χ1v) is 7.60. The zero-order valence-electron chi connectivity index (χ0n) is 12.8. The van der Waals surface area contributed by atoms with Crippen molar-refractivity contribution in [3.63, 3.8) is 0 Å². The molecule has 0 aliphatic carbocycles. The highest BCUT2D eigenvalue weighted by Crippen LogP contribution is 2.44. The second-order valence-electron chi connectivity index (χ2n) is 5.09. The molecule has 0 aliphatic rings. The number of carbonyl (C=O) groups is 2. The number of aromatic nitrogens is 3. The van der Waals surface area contributed by atoms with E-state index < -0.39 is 23.2 Å². The van der Waals surface area contributed by atoms with Crippen molar-refractivity contribution in [3.8, 4) is 11.5 Å². The molecule has 1 aromatic carbocycles. The first-order chi connectivity index (χ1) is 11.7. The smallest absolute Gasteiger partial charge is 0.308 e. The molecule has 2 aromatic heterocycles. The van der Waals surface area contributed by atoms with Crippen LogP contribution >= 0.6 is 23.2 Å². The molecule has 8 nitrogen and oxygen atoms in total. The highest BCUT2D eigenvalue weighted by Gasteiger charge is 2.21. The van der Waals surface area contributed by atoms with E-state index in [1.807, 2.05) is 0 Å². The monoisotopic (exact) mass is 381 g/mol. The van der Waals surface area contributed by atoms with E-state index in [0.29, 0.717) is 4.68 Å². The molecule has 0 radical (unpaired) electrons. The van der Waals surface area contributed by atoms with E-state index in [2.05, 4.69) is 10.1 Å². The molecule has 0 spiro atoms. The number of nitrogens with zero attached hydrogens (tertiary/aromatic N) is 3. The number of carbonyl (C=O) groups excluding carboxylic acids is 2. The topological polar surface area (TPSA) is 111 Å². The zero-order valence-corrected chi connectivity index (χ0v) is 14.3. The molecule has 25 heavy (non-hydrogen) atoms. The summed E-state index contributed by atoms with van der Waals surface area (Å²) in [6.45, 7) is 2.34. The number of pyridine rings is 1. The zero-order chi connectivity index (χ0) is 18.5. The minimum absolute atomic E-state index is 0.00648. The minimum Gasteiger partial charge on any atom is -0.506 e. The predicted molar refractivity (Wildman–Crippen MR) is 90.6 cm³/mol. The Morgan fingerprint density at radius 3 is 2.56 bits per heavy atom. The van der Waals surface area contributed by atoms with E-state index >= 15 is 0 Å². The van der Waals surface area contributed by atoms with Crippen molar-refractivity contribution in [2.75, 3.05) is 0 Å². The number of hydrogen-bond acceptors (Lipinski definition) is 7. The van der Waals surface area contributed by atoms with Gasteiger partial charge < -0.3 is 9.84 Å². The van der Waals surface area contributed by atoms with Gasteiger partial charge in [-0.15, -0.1) is 0 Å². The second kappa shape index (κ2) is 5.98. The van der Waals surface area contributed by atoms with Crippen LogP contribution in [-0.4, -0.2) is 31.7 Å². The van der Waals surface area contributed by atoms with Gasteiger partial charge in [0.25, 0.3) is 0 Å². The van der Waals surface area contributed by atoms with Crippen molar-refractivity contribution in [1.82, 2.24) is 14.8 Å². The maximum atomic E-state index is 12.3. The van der Waals surface area contributed by atoms with Gasteiger partial charge in [-0.1, -0.05) is 23.2 Å². The number of esters is 1. The standard InChI is InChI=1S/C15H9Cl2N3O5/c1-5(21)20-15(24)12-7(4-18-20)13(23)10-9(19-12)3-8(16)14(11(10)17)25-6(2)22/h3-4H,1-2H3,(H,19,23). The van der Waals surface area contributed by atoms with Crippen LogP contribution < -0.4 is 10.3 Å². The molecule has 3 rings (SSSR count). The summed E-state index contributed by atoms with van der Waals surface area (Å²) in [6, 6.07) is 1.29. The average Bonchev–Trinajstić information content (AvgIpc) is 2.51. The lowest BCUT2D eigenvalue weighted by molar-refractivity contribution is -0.131. The molecule has 0 saturated carbocycles. The number of hydrogen-bond donors (Lipinski definition) is 1. The average molecular weight is 382 g/mol. The normalized spacial score (nSPS) is 11.0. The molecule has 0 fully saturated rings. The van der Waals surface area contributed by atoms with Crippen LogP contribution in [0.2, 0.25) is 10.0 Å². The summed E-state index contributed by atoms with van der Waals surface area (Å²) in [4.78, 5) is 39.1. The van der Waals surface area contributed by atoms with E-state index in [4.69, 9.17) is 27.9 Å². The molecule has 0 amide bonds. The minimum atomic E-state index is -0.793. The summed E-state index contributed by atoms with van der Waals surface area (Å²) in [6.07, 6.45) is 1.12. The Kier molecular flexibility index (Phi) is 4.09. The Morgan fingerprint density at radius 2 is 1.96 bits per heavy atom. The maximum Gasteiger partial charge on any atom is 0.308 e. The summed E-state index contributed by atoms with van der Waals surface area (Å²) in [5.74, 6) is -1.78. The lowest BCUT2D eigenvalue weighted by Crippen LogP contribution is -2.27. The van der Waals surface area contributed by atoms with Gasteiger partial charge in [0.1, 0.15) is 11.3 Å². The van der Waals surface area contributed by atoms with E-state index in [-0.39, 0.29) is 37.6 Å².